The van der Waals surface area contributed by atoms with Crippen LogP contribution in [0.2, 0.25) is 0 Å². The lowest BCUT2D eigenvalue weighted by atomic mass is 10.1. The lowest BCUT2D eigenvalue weighted by molar-refractivity contribution is -0.136. The molecule has 68 valence electrons. The monoisotopic (exact) mass is 240 g/mol. The zero-order valence-corrected chi connectivity index (χ0v) is 8.58. The van der Waals surface area contributed by atoms with Crippen LogP contribution in [0, 0.1) is 0 Å². The van der Waals surface area contributed by atoms with Gasteiger partial charge in [0.2, 0.25) is 0 Å². The van der Waals surface area contributed by atoms with Crippen LogP contribution < -0.4 is 0 Å². The molecule has 0 saturated heterocycles. The summed E-state index contributed by atoms with van der Waals surface area (Å²) < 4.78 is 6.11. The molecule has 13 heavy (non-hydrogen) atoms. The van der Waals surface area contributed by atoms with Crippen LogP contribution in [-0.2, 0) is 15.1 Å². The molecule has 1 aromatic rings. The van der Waals surface area contributed by atoms with Crippen LogP contribution in [0.15, 0.2) is 28.7 Å². The SMILES string of the molecule is O=COC1(c2ccc(Br)cc2)CC1. The van der Waals surface area contributed by atoms with Crippen LogP contribution >= 0.6 is 15.9 Å². The van der Waals surface area contributed by atoms with Crippen molar-refractivity contribution in [2.24, 2.45) is 0 Å². The van der Waals surface area contributed by atoms with Crippen molar-refractivity contribution in [2.75, 3.05) is 0 Å². The smallest absolute Gasteiger partial charge is 0.293 e. The second-order valence-electron chi connectivity index (χ2n) is 3.22. The fourth-order valence-corrected chi connectivity index (χ4v) is 1.70. The molecule has 0 aliphatic heterocycles. The third kappa shape index (κ3) is 1.61. The first-order valence-electron chi connectivity index (χ1n) is 4.14. The van der Waals surface area contributed by atoms with E-state index in [1.807, 2.05) is 24.3 Å². The Morgan fingerprint density at radius 3 is 2.38 bits per heavy atom. The predicted molar refractivity (Wildman–Crippen MR) is 52.2 cm³/mol. The van der Waals surface area contributed by atoms with Crippen LogP contribution in [0.3, 0.4) is 0 Å². The molecule has 0 unspecified atom stereocenters. The molecule has 0 heterocycles. The molecule has 1 fully saturated rings. The molecule has 0 radical (unpaired) electrons. The fraction of sp³-hybridized carbons (Fsp3) is 0.300. The topological polar surface area (TPSA) is 26.3 Å². The number of halogens is 1. The zero-order chi connectivity index (χ0) is 9.31. The summed E-state index contributed by atoms with van der Waals surface area (Å²) in [6.07, 6.45) is 1.88. The van der Waals surface area contributed by atoms with Gasteiger partial charge in [-0.3, -0.25) is 4.79 Å². The average Bonchev–Trinajstić information content (AvgIpc) is 2.87. The van der Waals surface area contributed by atoms with Crippen LogP contribution in [0.1, 0.15) is 18.4 Å². The van der Waals surface area contributed by atoms with Crippen molar-refractivity contribution in [1.82, 2.24) is 0 Å². The Morgan fingerprint density at radius 2 is 1.92 bits per heavy atom. The van der Waals surface area contributed by atoms with Crippen molar-refractivity contribution >= 4 is 22.4 Å². The van der Waals surface area contributed by atoms with E-state index in [2.05, 4.69) is 15.9 Å². The summed E-state index contributed by atoms with van der Waals surface area (Å²) in [4.78, 5) is 10.3. The Morgan fingerprint density at radius 1 is 1.31 bits per heavy atom. The van der Waals surface area contributed by atoms with Crippen LogP contribution in [0.25, 0.3) is 0 Å². The summed E-state index contributed by atoms with van der Waals surface area (Å²) in [5.41, 5.74) is 0.783. The van der Waals surface area contributed by atoms with E-state index in [-0.39, 0.29) is 5.60 Å². The van der Waals surface area contributed by atoms with Crippen LogP contribution in [0.4, 0.5) is 0 Å². The maximum atomic E-state index is 10.3. The lowest BCUT2D eigenvalue weighted by Gasteiger charge is -2.12. The Bertz CT molecular complexity index is 314. The Balaban J connectivity index is 2.25. The molecule has 3 heteroatoms. The summed E-state index contributed by atoms with van der Waals surface area (Å²) in [5, 5.41) is 0. The van der Waals surface area contributed by atoms with Crippen molar-refractivity contribution in [3.8, 4) is 0 Å². The average molecular weight is 241 g/mol. The van der Waals surface area contributed by atoms with E-state index in [9.17, 15) is 4.79 Å². The molecule has 0 N–H and O–H groups in total. The van der Waals surface area contributed by atoms with Gasteiger partial charge in [-0.15, -0.1) is 0 Å². The summed E-state index contributed by atoms with van der Waals surface area (Å²) in [7, 11) is 0. The van der Waals surface area contributed by atoms with Gasteiger partial charge < -0.3 is 4.74 Å². The second-order valence-corrected chi connectivity index (χ2v) is 4.13. The molecule has 0 atom stereocenters. The van der Waals surface area contributed by atoms with Gasteiger partial charge in [-0.2, -0.15) is 0 Å². The van der Waals surface area contributed by atoms with Crippen molar-refractivity contribution in [1.29, 1.82) is 0 Å². The van der Waals surface area contributed by atoms with E-state index in [1.165, 1.54) is 0 Å². The Hall–Kier alpha value is -0.830. The molecule has 1 aromatic carbocycles. The fourth-order valence-electron chi connectivity index (χ4n) is 1.43. The summed E-state index contributed by atoms with van der Waals surface area (Å²) in [6, 6.07) is 7.90. The van der Waals surface area contributed by atoms with Gasteiger partial charge in [0.25, 0.3) is 6.47 Å². The van der Waals surface area contributed by atoms with Crippen molar-refractivity contribution in [3.63, 3.8) is 0 Å². The van der Waals surface area contributed by atoms with Crippen molar-refractivity contribution in [3.05, 3.63) is 34.3 Å². The van der Waals surface area contributed by atoms with Gasteiger partial charge >= 0.3 is 0 Å². The number of rotatable bonds is 3. The molecule has 1 saturated carbocycles. The molecular weight excluding hydrogens is 232 g/mol. The normalized spacial score (nSPS) is 17.9. The highest BCUT2D eigenvalue weighted by atomic mass is 79.9. The minimum Gasteiger partial charge on any atom is -0.456 e. The first kappa shape index (κ1) is 8.75. The minimum atomic E-state index is -0.303. The molecular formula is C10H9BrO2. The summed E-state index contributed by atoms with van der Waals surface area (Å²) in [5.74, 6) is 0. The second kappa shape index (κ2) is 3.14. The molecule has 2 rings (SSSR count). The standard InChI is InChI=1S/C10H9BrO2/c11-9-3-1-8(2-4-9)10(5-6-10)13-7-12/h1-4,7H,5-6H2. The third-order valence-electron chi connectivity index (χ3n) is 2.35. The number of ether oxygens (including phenoxy) is 1. The van der Waals surface area contributed by atoms with Crippen molar-refractivity contribution in [2.45, 2.75) is 18.4 Å². The molecule has 2 nitrogen and oxygen atoms in total. The number of hydrogen-bond acceptors (Lipinski definition) is 2. The van der Waals surface area contributed by atoms with Gasteiger partial charge in [-0.1, -0.05) is 28.1 Å². The minimum absolute atomic E-state index is 0.303. The highest BCUT2D eigenvalue weighted by Crippen LogP contribution is 2.48. The Labute approximate surface area is 85.0 Å². The van der Waals surface area contributed by atoms with E-state index in [1.54, 1.807) is 0 Å². The molecule has 1 aliphatic rings. The molecule has 0 amide bonds. The van der Waals surface area contributed by atoms with Gasteiger partial charge in [0, 0.05) is 4.47 Å². The van der Waals surface area contributed by atoms with E-state index in [0.29, 0.717) is 6.47 Å². The summed E-state index contributed by atoms with van der Waals surface area (Å²) >= 11 is 3.36. The third-order valence-corrected chi connectivity index (χ3v) is 2.88. The highest BCUT2D eigenvalue weighted by Gasteiger charge is 2.46. The molecule has 0 aromatic heterocycles. The van der Waals surface area contributed by atoms with E-state index < -0.39 is 0 Å². The number of carbonyl (C=O) groups is 1. The van der Waals surface area contributed by atoms with Gasteiger partial charge in [-0.05, 0) is 30.5 Å². The van der Waals surface area contributed by atoms with E-state index in [4.69, 9.17) is 4.74 Å². The Kier molecular flexibility index (Phi) is 2.12. The molecule has 1 aliphatic carbocycles. The first-order valence-corrected chi connectivity index (χ1v) is 4.94. The molecule has 0 bridgehead atoms. The largest absolute Gasteiger partial charge is 0.456 e. The number of carbonyl (C=O) groups excluding carboxylic acids is 1. The highest BCUT2D eigenvalue weighted by molar-refractivity contribution is 9.10. The number of hydrogen-bond donors (Lipinski definition) is 0. The maximum Gasteiger partial charge on any atom is 0.293 e. The maximum absolute atomic E-state index is 10.3. The first-order chi connectivity index (χ1) is 6.27. The van der Waals surface area contributed by atoms with Crippen LogP contribution in [-0.4, -0.2) is 6.47 Å². The summed E-state index contributed by atoms with van der Waals surface area (Å²) in [6.45, 7) is 0.537. The lowest BCUT2D eigenvalue weighted by Crippen LogP contribution is -2.10. The van der Waals surface area contributed by atoms with Gasteiger partial charge in [-0.25, -0.2) is 0 Å². The van der Waals surface area contributed by atoms with Gasteiger partial charge in [0.15, 0.2) is 0 Å². The number of benzene rings is 1. The predicted octanol–water partition coefficient (Wildman–Crippen LogP) is 2.61. The van der Waals surface area contributed by atoms with E-state index in [0.717, 1.165) is 22.9 Å². The van der Waals surface area contributed by atoms with E-state index >= 15 is 0 Å². The van der Waals surface area contributed by atoms with Crippen LogP contribution in [0.5, 0.6) is 0 Å². The molecule has 0 spiro atoms. The van der Waals surface area contributed by atoms with Gasteiger partial charge in [0.05, 0.1) is 0 Å². The zero-order valence-electron chi connectivity index (χ0n) is 7.00. The van der Waals surface area contributed by atoms with Gasteiger partial charge in [0.1, 0.15) is 5.60 Å². The van der Waals surface area contributed by atoms with Crippen molar-refractivity contribution < 1.29 is 9.53 Å². The quantitative estimate of drug-likeness (QED) is 0.760.